The van der Waals surface area contributed by atoms with Crippen LogP contribution in [-0.2, 0) is 17.8 Å². The van der Waals surface area contributed by atoms with Crippen LogP contribution in [0.15, 0.2) is 27.6 Å². The van der Waals surface area contributed by atoms with Crippen LogP contribution in [0, 0.1) is 11.8 Å². The van der Waals surface area contributed by atoms with E-state index in [-0.39, 0.29) is 18.0 Å². The molecule has 7 nitrogen and oxygen atoms in total. The molecule has 3 aromatic rings. The highest BCUT2D eigenvalue weighted by Crippen LogP contribution is 2.22. The highest BCUT2D eigenvalue weighted by Gasteiger charge is 2.26. The van der Waals surface area contributed by atoms with Gasteiger partial charge in [-0.2, -0.15) is 5.10 Å². The molecule has 0 saturated carbocycles. The minimum atomic E-state index is -0.264. The van der Waals surface area contributed by atoms with Crippen LogP contribution >= 0.6 is 0 Å². The predicted molar refractivity (Wildman–Crippen MR) is 98.1 cm³/mol. The Morgan fingerprint density at radius 2 is 2.00 bits per heavy atom. The molecule has 2 unspecified atom stereocenters. The minimum absolute atomic E-state index is 0.0195. The van der Waals surface area contributed by atoms with Crippen molar-refractivity contribution < 1.29 is 9.21 Å². The zero-order chi connectivity index (χ0) is 18.4. The Balaban J connectivity index is 1.71. The summed E-state index contributed by atoms with van der Waals surface area (Å²) in [6.07, 6.45) is 3.39. The number of nitrogens with zero attached hydrogens (tertiary/aromatic N) is 4. The SMILES string of the molecule is CCc1nn(CC(=O)N2CC(C)CC(C)C2)c(=O)c2cc3occc3n12. The first-order valence-corrected chi connectivity index (χ1v) is 9.24. The van der Waals surface area contributed by atoms with Crippen molar-refractivity contribution in [3.63, 3.8) is 0 Å². The van der Waals surface area contributed by atoms with Crippen LogP contribution in [0.2, 0.25) is 0 Å². The van der Waals surface area contributed by atoms with E-state index in [1.165, 1.54) is 4.68 Å². The molecule has 26 heavy (non-hydrogen) atoms. The number of rotatable bonds is 3. The molecule has 1 amide bonds. The van der Waals surface area contributed by atoms with Gasteiger partial charge in [-0.25, -0.2) is 4.68 Å². The molecule has 2 atom stereocenters. The van der Waals surface area contributed by atoms with E-state index in [4.69, 9.17) is 4.42 Å². The van der Waals surface area contributed by atoms with Crippen LogP contribution < -0.4 is 5.56 Å². The molecule has 0 N–H and O–H groups in total. The molecule has 0 aromatic carbocycles. The third kappa shape index (κ3) is 2.71. The number of likely N-dealkylation sites (tertiary alicyclic amines) is 1. The second-order valence-electron chi connectivity index (χ2n) is 7.51. The van der Waals surface area contributed by atoms with Gasteiger partial charge in [0.25, 0.3) is 5.56 Å². The molecule has 1 aliphatic rings. The molecule has 138 valence electrons. The Morgan fingerprint density at radius 1 is 1.27 bits per heavy atom. The van der Waals surface area contributed by atoms with E-state index < -0.39 is 0 Å². The van der Waals surface area contributed by atoms with Gasteiger partial charge in [0.15, 0.2) is 5.58 Å². The van der Waals surface area contributed by atoms with Gasteiger partial charge in [0.2, 0.25) is 5.91 Å². The Bertz CT molecular complexity index is 1020. The van der Waals surface area contributed by atoms with E-state index in [9.17, 15) is 9.59 Å². The van der Waals surface area contributed by atoms with Crippen molar-refractivity contribution in [1.82, 2.24) is 19.1 Å². The van der Waals surface area contributed by atoms with Crippen molar-refractivity contribution >= 4 is 22.5 Å². The Kier molecular flexibility index (Phi) is 4.09. The largest absolute Gasteiger partial charge is 0.463 e. The smallest absolute Gasteiger partial charge is 0.291 e. The van der Waals surface area contributed by atoms with E-state index >= 15 is 0 Å². The summed E-state index contributed by atoms with van der Waals surface area (Å²) < 4.78 is 8.56. The summed E-state index contributed by atoms with van der Waals surface area (Å²) in [5.41, 5.74) is 1.72. The fourth-order valence-corrected chi connectivity index (χ4v) is 4.15. The summed E-state index contributed by atoms with van der Waals surface area (Å²) in [4.78, 5) is 27.5. The van der Waals surface area contributed by atoms with Crippen molar-refractivity contribution in [3.8, 4) is 0 Å². The summed E-state index contributed by atoms with van der Waals surface area (Å²) >= 11 is 0. The zero-order valence-electron chi connectivity index (χ0n) is 15.4. The number of carbonyl (C=O) groups excluding carboxylic acids is 1. The molecule has 3 aromatic heterocycles. The minimum Gasteiger partial charge on any atom is -0.463 e. The van der Waals surface area contributed by atoms with Crippen LogP contribution in [0.3, 0.4) is 0 Å². The molecule has 4 heterocycles. The molecule has 4 rings (SSSR count). The maximum Gasteiger partial charge on any atom is 0.291 e. The second kappa shape index (κ2) is 6.30. The van der Waals surface area contributed by atoms with Gasteiger partial charge in [0.1, 0.15) is 17.9 Å². The quantitative estimate of drug-likeness (QED) is 0.722. The van der Waals surface area contributed by atoms with Gasteiger partial charge in [-0.05, 0) is 18.3 Å². The average Bonchev–Trinajstić information content (AvgIpc) is 3.18. The van der Waals surface area contributed by atoms with Gasteiger partial charge in [0, 0.05) is 31.6 Å². The van der Waals surface area contributed by atoms with Crippen molar-refractivity contribution in [1.29, 1.82) is 0 Å². The van der Waals surface area contributed by atoms with Crippen LogP contribution in [0.1, 0.15) is 33.0 Å². The fraction of sp³-hybridized carbons (Fsp3) is 0.526. The molecule has 1 saturated heterocycles. The predicted octanol–water partition coefficient (Wildman–Crippen LogP) is 2.31. The first-order chi connectivity index (χ1) is 12.5. The van der Waals surface area contributed by atoms with Crippen molar-refractivity contribution in [2.24, 2.45) is 11.8 Å². The number of hydrogen-bond donors (Lipinski definition) is 0. The third-order valence-corrected chi connectivity index (χ3v) is 5.19. The average molecular weight is 356 g/mol. The molecule has 1 fully saturated rings. The van der Waals surface area contributed by atoms with Crippen molar-refractivity contribution in [2.45, 2.75) is 40.2 Å². The van der Waals surface area contributed by atoms with Crippen LogP contribution in [0.5, 0.6) is 0 Å². The molecule has 0 aliphatic carbocycles. The Labute approximate surface area is 151 Å². The lowest BCUT2D eigenvalue weighted by atomic mass is 9.92. The number of aromatic nitrogens is 3. The lowest BCUT2D eigenvalue weighted by Crippen LogP contribution is -2.45. The number of piperidine rings is 1. The van der Waals surface area contributed by atoms with Crippen molar-refractivity contribution in [3.05, 3.63) is 34.6 Å². The summed E-state index contributed by atoms with van der Waals surface area (Å²) in [6, 6.07) is 3.55. The maximum absolute atomic E-state index is 12.9. The van der Waals surface area contributed by atoms with E-state index in [1.54, 1.807) is 12.3 Å². The van der Waals surface area contributed by atoms with Crippen LogP contribution in [0.25, 0.3) is 16.6 Å². The topological polar surface area (TPSA) is 72.8 Å². The summed E-state index contributed by atoms with van der Waals surface area (Å²) in [5.74, 6) is 1.67. The molecule has 1 aliphatic heterocycles. The van der Waals surface area contributed by atoms with E-state index in [1.807, 2.05) is 22.3 Å². The van der Waals surface area contributed by atoms with Crippen LogP contribution in [0.4, 0.5) is 0 Å². The summed E-state index contributed by atoms with van der Waals surface area (Å²) in [7, 11) is 0. The van der Waals surface area contributed by atoms with Crippen molar-refractivity contribution in [2.75, 3.05) is 13.1 Å². The third-order valence-electron chi connectivity index (χ3n) is 5.19. The number of fused-ring (bicyclic) bond motifs is 3. The first-order valence-electron chi connectivity index (χ1n) is 9.24. The van der Waals surface area contributed by atoms with E-state index in [0.29, 0.717) is 29.4 Å². The standard InChI is InChI=1S/C19H24N4O3/c1-4-17-20-22(11-18(24)21-9-12(2)7-13(3)10-21)19(25)15-8-16-14(23(15)17)5-6-26-16/h5-6,8,12-13H,4,7,9-11H2,1-3H3. The molecule has 0 spiro atoms. The molecular formula is C19H24N4O3. The monoisotopic (exact) mass is 356 g/mol. The summed E-state index contributed by atoms with van der Waals surface area (Å²) in [5, 5.41) is 4.47. The van der Waals surface area contributed by atoms with Gasteiger partial charge in [-0.1, -0.05) is 20.8 Å². The van der Waals surface area contributed by atoms with Gasteiger partial charge in [-0.3, -0.25) is 14.0 Å². The zero-order valence-corrected chi connectivity index (χ0v) is 15.4. The number of amides is 1. The Hall–Kier alpha value is -2.57. The maximum atomic E-state index is 12.9. The molecule has 7 heteroatoms. The highest BCUT2D eigenvalue weighted by atomic mass is 16.3. The lowest BCUT2D eigenvalue weighted by Gasteiger charge is -2.35. The van der Waals surface area contributed by atoms with Gasteiger partial charge < -0.3 is 9.32 Å². The molecule has 0 radical (unpaired) electrons. The number of furan rings is 1. The Morgan fingerprint density at radius 3 is 2.69 bits per heavy atom. The van der Waals surface area contributed by atoms with Gasteiger partial charge in [-0.15, -0.1) is 0 Å². The highest BCUT2D eigenvalue weighted by molar-refractivity contribution is 5.82. The molecule has 0 bridgehead atoms. The second-order valence-corrected chi connectivity index (χ2v) is 7.51. The van der Waals surface area contributed by atoms with Crippen LogP contribution in [-0.4, -0.2) is 38.1 Å². The fourth-order valence-electron chi connectivity index (χ4n) is 4.15. The normalized spacial score (nSPS) is 21.0. The number of aryl methyl sites for hydroxylation is 1. The van der Waals surface area contributed by atoms with E-state index in [0.717, 1.165) is 30.9 Å². The van der Waals surface area contributed by atoms with Gasteiger partial charge >= 0.3 is 0 Å². The van der Waals surface area contributed by atoms with E-state index in [2.05, 4.69) is 18.9 Å². The lowest BCUT2D eigenvalue weighted by molar-refractivity contribution is -0.134. The van der Waals surface area contributed by atoms with Gasteiger partial charge in [0.05, 0.1) is 11.8 Å². The first kappa shape index (κ1) is 16.9. The number of hydrogen-bond acceptors (Lipinski definition) is 4. The number of carbonyl (C=O) groups is 1. The molecular weight excluding hydrogens is 332 g/mol. The summed E-state index contributed by atoms with van der Waals surface area (Å²) in [6.45, 7) is 7.79.